The minimum absolute atomic E-state index is 0.885. The summed E-state index contributed by atoms with van der Waals surface area (Å²) in [7, 11) is 0.192. The van der Waals surface area contributed by atoms with Gasteiger partial charge >= 0.3 is 0 Å². The number of ether oxygens (including phenoxy) is 1. The van der Waals surface area contributed by atoms with Gasteiger partial charge in [0.05, 0.1) is 13.4 Å². The molecule has 0 saturated carbocycles. The van der Waals surface area contributed by atoms with Crippen molar-refractivity contribution in [1.29, 1.82) is 0 Å². The third kappa shape index (κ3) is 4.65. The van der Waals surface area contributed by atoms with Crippen LogP contribution in [0.25, 0.3) is 5.57 Å². The molecule has 0 N–H and O–H groups in total. The van der Waals surface area contributed by atoms with Crippen LogP contribution in [0.4, 0.5) is 0 Å². The van der Waals surface area contributed by atoms with Gasteiger partial charge in [0.25, 0.3) is 0 Å². The molecule has 0 radical (unpaired) electrons. The molecule has 1 rings (SSSR count). The van der Waals surface area contributed by atoms with Gasteiger partial charge in [0.15, 0.2) is 0 Å². The lowest BCUT2D eigenvalue weighted by molar-refractivity contribution is 0.414. The van der Waals surface area contributed by atoms with Gasteiger partial charge in [-0.1, -0.05) is 19.1 Å². The van der Waals surface area contributed by atoms with E-state index in [0.29, 0.717) is 0 Å². The fourth-order valence-electron chi connectivity index (χ4n) is 1.41. The number of methoxy groups -OCH3 is 1. The Hall–Kier alpha value is -1.22. The van der Waals surface area contributed by atoms with Gasteiger partial charge in [-0.25, -0.2) is 0 Å². The first-order valence-corrected chi connectivity index (χ1v) is 9.38. The van der Waals surface area contributed by atoms with Crippen molar-refractivity contribution in [2.75, 3.05) is 7.11 Å². The molecular formula is C14H22O2Si. The molecule has 1 aromatic rings. The molecule has 0 spiro atoms. The fraction of sp³-hybridized carbons (Fsp3) is 0.429. The molecule has 0 aliphatic rings. The van der Waals surface area contributed by atoms with Crippen LogP contribution in [-0.2, 0) is 4.43 Å². The van der Waals surface area contributed by atoms with Crippen LogP contribution in [0.3, 0.4) is 0 Å². The number of benzene rings is 1. The van der Waals surface area contributed by atoms with Gasteiger partial charge in [-0.05, 0) is 49.3 Å². The van der Waals surface area contributed by atoms with Gasteiger partial charge in [0.2, 0.25) is 8.32 Å². The van der Waals surface area contributed by atoms with Gasteiger partial charge in [-0.3, -0.25) is 0 Å². The molecule has 0 aromatic heterocycles. The highest BCUT2D eigenvalue weighted by molar-refractivity contribution is 6.69. The van der Waals surface area contributed by atoms with Crippen molar-refractivity contribution < 1.29 is 9.16 Å². The van der Waals surface area contributed by atoms with E-state index < -0.39 is 8.32 Å². The fourth-order valence-corrected chi connectivity index (χ4v) is 1.90. The second kappa shape index (κ2) is 5.91. The van der Waals surface area contributed by atoms with E-state index in [1.807, 2.05) is 18.4 Å². The first kappa shape index (κ1) is 13.8. The average Bonchev–Trinajstić information content (AvgIpc) is 2.29. The zero-order valence-corrected chi connectivity index (χ0v) is 12.4. The van der Waals surface area contributed by atoms with Crippen LogP contribution in [0, 0.1) is 0 Å². The first-order valence-electron chi connectivity index (χ1n) is 5.97. The van der Waals surface area contributed by atoms with E-state index in [-0.39, 0.29) is 0 Å². The molecule has 0 aliphatic heterocycles. The van der Waals surface area contributed by atoms with Crippen LogP contribution in [0.1, 0.15) is 18.9 Å². The molecule has 17 heavy (non-hydrogen) atoms. The molecule has 94 valence electrons. The summed E-state index contributed by atoms with van der Waals surface area (Å²) < 4.78 is 11.0. The van der Waals surface area contributed by atoms with Crippen molar-refractivity contribution in [3.8, 4) is 5.75 Å². The summed E-state index contributed by atoms with van der Waals surface area (Å²) in [4.78, 5) is 0. The largest absolute Gasteiger partial charge is 0.549 e. The second-order valence-corrected chi connectivity index (χ2v) is 9.42. The number of hydrogen-bond donors (Lipinski definition) is 0. The zero-order valence-electron chi connectivity index (χ0n) is 11.4. The maximum atomic E-state index is 5.84. The van der Waals surface area contributed by atoms with E-state index in [0.717, 1.165) is 12.2 Å². The van der Waals surface area contributed by atoms with Crippen LogP contribution in [0.15, 0.2) is 30.5 Å². The molecule has 0 saturated heterocycles. The Kier molecular flexibility index (Phi) is 4.81. The number of allylic oxidation sites excluding steroid dienone is 1. The van der Waals surface area contributed by atoms with Crippen LogP contribution in [0.2, 0.25) is 19.6 Å². The van der Waals surface area contributed by atoms with E-state index >= 15 is 0 Å². The molecule has 0 heterocycles. The van der Waals surface area contributed by atoms with Crippen molar-refractivity contribution in [1.82, 2.24) is 0 Å². The van der Waals surface area contributed by atoms with Gasteiger partial charge in [-0.15, -0.1) is 0 Å². The smallest absolute Gasteiger partial charge is 0.241 e. The Morgan fingerprint density at radius 1 is 1.18 bits per heavy atom. The molecular weight excluding hydrogens is 228 g/mol. The lowest BCUT2D eigenvalue weighted by atomic mass is 10.1. The molecule has 1 aromatic carbocycles. The Morgan fingerprint density at radius 2 is 1.76 bits per heavy atom. The van der Waals surface area contributed by atoms with Crippen molar-refractivity contribution in [2.24, 2.45) is 0 Å². The Balaban J connectivity index is 2.85. The van der Waals surface area contributed by atoms with Crippen molar-refractivity contribution in [3.05, 3.63) is 36.1 Å². The van der Waals surface area contributed by atoms with E-state index in [1.165, 1.54) is 11.1 Å². The van der Waals surface area contributed by atoms with E-state index in [4.69, 9.17) is 9.16 Å². The number of rotatable bonds is 5. The van der Waals surface area contributed by atoms with E-state index in [2.05, 4.69) is 38.7 Å². The third-order valence-corrected chi connectivity index (χ3v) is 3.22. The maximum absolute atomic E-state index is 5.84. The van der Waals surface area contributed by atoms with Crippen LogP contribution in [0.5, 0.6) is 5.75 Å². The van der Waals surface area contributed by atoms with Gasteiger partial charge in [-0.2, -0.15) is 0 Å². The normalized spacial score (nSPS) is 12.4. The van der Waals surface area contributed by atoms with Crippen LogP contribution >= 0.6 is 0 Å². The predicted octanol–water partition coefficient (Wildman–Crippen LogP) is 4.30. The third-order valence-electron chi connectivity index (χ3n) is 2.40. The van der Waals surface area contributed by atoms with Gasteiger partial charge < -0.3 is 9.16 Å². The first-order chi connectivity index (χ1) is 7.96. The minimum atomic E-state index is -1.49. The van der Waals surface area contributed by atoms with Crippen LogP contribution in [-0.4, -0.2) is 15.4 Å². The van der Waals surface area contributed by atoms with Crippen molar-refractivity contribution in [3.63, 3.8) is 0 Å². The maximum Gasteiger partial charge on any atom is 0.241 e. The summed E-state index contributed by atoms with van der Waals surface area (Å²) in [5.74, 6) is 0.885. The van der Waals surface area contributed by atoms with Crippen LogP contribution < -0.4 is 4.74 Å². The van der Waals surface area contributed by atoms with Gasteiger partial charge in [0.1, 0.15) is 5.75 Å². The van der Waals surface area contributed by atoms with Crippen molar-refractivity contribution in [2.45, 2.75) is 33.0 Å². The molecule has 3 heteroatoms. The highest BCUT2D eigenvalue weighted by Crippen LogP contribution is 2.22. The summed E-state index contributed by atoms with van der Waals surface area (Å²) in [5, 5.41) is 0. The minimum Gasteiger partial charge on any atom is -0.549 e. The van der Waals surface area contributed by atoms with E-state index in [1.54, 1.807) is 7.11 Å². The lowest BCUT2D eigenvalue weighted by Gasteiger charge is -2.17. The van der Waals surface area contributed by atoms with E-state index in [9.17, 15) is 0 Å². The van der Waals surface area contributed by atoms with Crippen molar-refractivity contribution >= 4 is 13.9 Å². The summed E-state index contributed by atoms with van der Waals surface area (Å²) in [6, 6.07) is 8.10. The standard InChI is InChI=1S/C14H22O2Si/c1-6-12(11-16-17(3,4)5)13-7-9-14(15-2)10-8-13/h7-11H,6H2,1-5H3/b12-11+. The quantitative estimate of drug-likeness (QED) is 0.573. The highest BCUT2D eigenvalue weighted by Gasteiger charge is 2.14. The zero-order chi connectivity index (χ0) is 12.9. The Labute approximate surface area is 105 Å². The summed E-state index contributed by atoms with van der Waals surface area (Å²) in [5.41, 5.74) is 2.43. The summed E-state index contributed by atoms with van der Waals surface area (Å²) in [6.45, 7) is 8.70. The molecule has 0 aliphatic carbocycles. The molecule has 0 atom stereocenters. The lowest BCUT2D eigenvalue weighted by Crippen LogP contribution is -2.22. The summed E-state index contributed by atoms with van der Waals surface area (Å²) >= 11 is 0. The Bertz CT molecular complexity index is 374. The number of hydrogen-bond acceptors (Lipinski definition) is 2. The SMILES string of the molecule is CC/C(=C\O[Si](C)(C)C)c1ccc(OC)cc1. The highest BCUT2D eigenvalue weighted by atomic mass is 28.4. The molecule has 0 unspecified atom stereocenters. The molecule has 2 nitrogen and oxygen atoms in total. The second-order valence-electron chi connectivity index (χ2n) is 4.96. The predicted molar refractivity (Wildman–Crippen MR) is 75.7 cm³/mol. The molecule has 0 fully saturated rings. The topological polar surface area (TPSA) is 18.5 Å². The Morgan fingerprint density at radius 3 is 2.18 bits per heavy atom. The monoisotopic (exact) mass is 250 g/mol. The summed E-state index contributed by atoms with van der Waals surface area (Å²) in [6.07, 6.45) is 2.89. The average molecular weight is 250 g/mol. The molecule has 0 bridgehead atoms. The van der Waals surface area contributed by atoms with Gasteiger partial charge in [0, 0.05) is 0 Å². The molecule has 0 amide bonds.